The van der Waals surface area contributed by atoms with Crippen molar-refractivity contribution in [2.24, 2.45) is 0 Å². The van der Waals surface area contributed by atoms with E-state index >= 15 is 0 Å². The number of alkyl halides is 3. The van der Waals surface area contributed by atoms with Crippen molar-refractivity contribution < 1.29 is 37.5 Å². The molecule has 0 unspecified atom stereocenters. The third-order valence-electron chi connectivity index (χ3n) is 1.96. The Hall–Kier alpha value is -2.59. The molecule has 20 heavy (non-hydrogen) atoms. The van der Waals surface area contributed by atoms with Gasteiger partial charge < -0.3 is 24.7 Å². The molecular weight excluding hydrogens is 289 g/mol. The molecule has 0 aliphatic rings. The lowest BCUT2D eigenvalue weighted by Crippen LogP contribution is -2.18. The number of esters is 1. The number of ether oxygens (including phenoxy) is 2. The summed E-state index contributed by atoms with van der Waals surface area (Å²) in [5, 5.41) is 20.0. The number of hydrogen-bond acceptors (Lipinski definition) is 7. The fourth-order valence-electron chi connectivity index (χ4n) is 1.18. The van der Waals surface area contributed by atoms with Gasteiger partial charge in [0.2, 0.25) is 11.4 Å². The van der Waals surface area contributed by atoms with Crippen LogP contribution in [0.4, 0.5) is 19.0 Å². The lowest BCUT2D eigenvalue weighted by atomic mass is 10.2. The quantitative estimate of drug-likeness (QED) is 0.506. The number of rotatable bonds is 4. The molecule has 0 fully saturated rings. The highest BCUT2D eigenvalue weighted by Gasteiger charge is 2.36. The number of aromatic hydroxyl groups is 1. The van der Waals surface area contributed by atoms with Gasteiger partial charge in [-0.05, 0) is 9.91 Å². The minimum Gasteiger partial charge on any atom is -0.504 e. The van der Waals surface area contributed by atoms with Crippen molar-refractivity contribution in [2.75, 3.05) is 7.11 Å². The number of methoxy groups -OCH3 is 1. The average Bonchev–Trinajstić information content (AvgIpc) is 2.29. The number of hydrogen-bond donors (Lipinski definition) is 1. The molecule has 0 aliphatic heterocycles. The van der Waals surface area contributed by atoms with Gasteiger partial charge in [-0.1, -0.05) is 0 Å². The summed E-state index contributed by atoms with van der Waals surface area (Å²) in [5.74, 6) is -4.31. The van der Waals surface area contributed by atoms with Crippen molar-refractivity contribution in [1.82, 2.24) is 4.98 Å². The van der Waals surface area contributed by atoms with E-state index in [1.165, 1.54) is 0 Å². The highest BCUT2D eigenvalue weighted by molar-refractivity contribution is 5.73. The monoisotopic (exact) mass is 296 g/mol. The van der Waals surface area contributed by atoms with Crippen molar-refractivity contribution in [3.63, 3.8) is 0 Å². The molecule has 1 aromatic rings. The maximum Gasteiger partial charge on any atom is 0.573 e. The Labute approximate surface area is 108 Å². The zero-order valence-electron chi connectivity index (χ0n) is 9.80. The van der Waals surface area contributed by atoms with Gasteiger partial charge in [0.25, 0.3) is 0 Å². The van der Waals surface area contributed by atoms with Crippen LogP contribution in [0.25, 0.3) is 0 Å². The SMILES string of the molecule is COC(=O)Cc1nc([N+](=O)[O-])c(OC(F)(F)F)cc1O. The summed E-state index contributed by atoms with van der Waals surface area (Å²) < 4.78 is 43.8. The van der Waals surface area contributed by atoms with Crippen LogP contribution in [0, 0.1) is 10.1 Å². The molecular formula is C9H7F3N2O6. The van der Waals surface area contributed by atoms with Crippen molar-refractivity contribution in [1.29, 1.82) is 0 Å². The zero-order valence-corrected chi connectivity index (χ0v) is 9.80. The van der Waals surface area contributed by atoms with Crippen molar-refractivity contribution in [2.45, 2.75) is 12.8 Å². The lowest BCUT2D eigenvalue weighted by Gasteiger charge is -2.09. The maximum absolute atomic E-state index is 12.1. The molecule has 0 atom stereocenters. The minimum absolute atomic E-state index is 0.358. The summed E-state index contributed by atoms with van der Waals surface area (Å²) in [6.07, 6.45) is -5.84. The zero-order chi connectivity index (χ0) is 15.5. The molecule has 0 aromatic carbocycles. The highest BCUT2D eigenvalue weighted by Crippen LogP contribution is 2.34. The first-order valence-corrected chi connectivity index (χ1v) is 4.84. The van der Waals surface area contributed by atoms with Crippen LogP contribution in [0.2, 0.25) is 0 Å². The summed E-state index contributed by atoms with van der Waals surface area (Å²) in [5.41, 5.74) is -0.502. The lowest BCUT2D eigenvalue weighted by molar-refractivity contribution is -0.393. The van der Waals surface area contributed by atoms with Gasteiger partial charge in [-0.2, -0.15) is 0 Å². The maximum atomic E-state index is 12.1. The molecule has 0 spiro atoms. The predicted octanol–water partition coefficient (Wildman–Crippen LogP) is 1.31. The summed E-state index contributed by atoms with van der Waals surface area (Å²) >= 11 is 0. The smallest absolute Gasteiger partial charge is 0.504 e. The standard InChI is InChI=1S/C9H7F3N2O6/c1-19-7(16)2-4-5(15)3-6(20-9(10,11)12)8(13-4)14(17)18/h3,15H,2H2,1H3. The summed E-state index contributed by atoms with van der Waals surface area (Å²) in [6, 6.07) is 0.358. The van der Waals surface area contributed by atoms with Gasteiger partial charge in [-0.25, -0.2) is 0 Å². The van der Waals surface area contributed by atoms with Crippen LogP contribution < -0.4 is 4.74 Å². The molecule has 0 radical (unpaired) electrons. The van der Waals surface area contributed by atoms with Crippen LogP contribution in [-0.2, 0) is 16.0 Å². The van der Waals surface area contributed by atoms with Crippen molar-refractivity contribution in [3.8, 4) is 11.5 Å². The summed E-state index contributed by atoms with van der Waals surface area (Å²) in [4.78, 5) is 23.5. The Morgan fingerprint density at radius 3 is 2.60 bits per heavy atom. The molecule has 8 nitrogen and oxygen atoms in total. The summed E-state index contributed by atoms with van der Waals surface area (Å²) in [7, 11) is 1.02. The van der Waals surface area contributed by atoms with Crippen LogP contribution in [0.15, 0.2) is 6.07 Å². The van der Waals surface area contributed by atoms with Crippen LogP contribution >= 0.6 is 0 Å². The second-order valence-electron chi connectivity index (χ2n) is 3.33. The van der Waals surface area contributed by atoms with Crippen molar-refractivity contribution >= 4 is 11.8 Å². The minimum atomic E-state index is -5.19. The molecule has 1 N–H and O–H groups in total. The molecule has 0 bridgehead atoms. The van der Waals surface area contributed by atoms with Gasteiger partial charge in [0.05, 0.1) is 7.11 Å². The second kappa shape index (κ2) is 5.59. The van der Waals surface area contributed by atoms with Gasteiger partial charge in [0.1, 0.15) is 6.42 Å². The second-order valence-corrected chi connectivity index (χ2v) is 3.33. The van der Waals surface area contributed by atoms with E-state index in [1.807, 2.05) is 0 Å². The largest absolute Gasteiger partial charge is 0.573 e. The average molecular weight is 296 g/mol. The normalized spacial score (nSPS) is 11.0. The van der Waals surface area contributed by atoms with E-state index in [4.69, 9.17) is 0 Å². The number of nitro groups is 1. The topological polar surface area (TPSA) is 112 Å². The molecule has 0 amide bonds. The number of nitrogens with zero attached hydrogens (tertiary/aromatic N) is 2. The van der Waals surface area contributed by atoms with Crippen molar-refractivity contribution in [3.05, 3.63) is 21.9 Å². The first-order valence-electron chi connectivity index (χ1n) is 4.84. The Morgan fingerprint density at radius 1 is 1.55 bits per heavy atom. The van der Waals surface area contributed by atoms with Gasteiger partial charge in [0, 0.05) is 6.07 Å². The van der Waals surface area contributed by atoms with Crippen LogP contribution in [0.3, 0.4) is 0 Å². The Bertz CT molecular complexity index is 545. The molecule has 11 heteroatoms. The molecule has 110 valence electrons. The number of carbonyl (C=O) groups excluding carboxylic acids is 1. The Morgan fingerprint density at radius 2 is 2.15 bits per heavy atom. The molecule has 1 aromatic heterocycles. The number of aromatic nitrogens is 1. The molecule has 0 saturated heterocycles. The van der Waals surface area contributed by atoms with E-state index in [9.17, 15) is 33.2 Å². The molecule has 1 heterocycles. The third-order valence-corrected chi connectivity index (χ3v) is 1.96. The first kappa shape index (κ1) is 15.5. The van der Waals surface area contributed by atoms with E-state index < -0.39 is 46.7 Å². The van der Waals surface area contributed by atoms with Gasteiger partial charge in [0.15, 0.2) is 5.75 Å². The van der Waals surface area contributed by atoms with E-state index in [2.05, 4.69) is 14.5 Å². The fraction of sp³-hybridized carbons (Fsp3) is 0.333. The van der Waals surface area contributed by atoms with Gasteiger partial charge in [-0.3, -0.25) is 4.79 Å². The predicted molar refractivity (Wildman–Crippen MR) is 55.0 cm³/mol. The molecule has 1 rings (SSSR count). The van der Waals surface area contributed by atoms with E-state index in [0.29, 0.717) is 6.07 Å². The van der Waals surface area contributed by atoms with Gasteiger partial charge >= 0.3 is 18.1 Å². The first-order chi connectivity index (χ1) is 9.14. The molecule has 0 saturated carbocycles. The van der Waals surface area contributed by atoms with Gasteiger partial charge in [-0.15, -0.1) is 13.2 Å². The number of carbonyl (C=O) groups is 1. The highest BCUT2D eigenvalue weighted by atomic mass is 19.4. The number of pyridine rings is 1. The van der Waals surface area contributed by atoms with E-state index in [-0.39, 0.29) is 0 Å². The fourth-order valence-corrected chi connectivity index (χ4v) is 1.18. The van der Waals surface area contributed by atoms with Crippen LogP contribution in [0.5, 0.6) is 11.5 Å². The Kier molecular flexibility index (Phi) is 4.32. The Balaban J connectivity index is 3.24. The van der Waals surface area contributed by atoms with Crippen LogP contribution in [0.1, 0.15) is 5.69 Å². The molecule has 0 aliphatic carbocycles. The van der Waals surface area contributed by atoms with E-state index in [0.717, 1.165) is 7.11 Å². The number of halogens is 3. The third kappa shape index (κ3) is 3.96. The van der Waals surface area contributed by atoms with E-state index in [1.54, 1.807) is 0 Å². The summed E-state index contributed by atoms with van der Waals surface area (Å²) in [6.45, 7) is 0. The van der Waals surface area contributed by atoms with Crippen LogP contribution in [-0.4, -0.2) is 34.5 Å².